The summed E-state index contributed by atoms with van der Waals surface area (Å²) < 4.78 is 10.4. The Morgan fingerprint density at radius 3 is 2.65 bits per heavy atom. The zero-order chi connectivity index (χ0) is 15.2. The maximum atomic E-state index is 11.3. The van der Waals surface area contributed by atoms with E-state index in [1.54, 1.807) is 7.11 Å². The van der Waals surface area contributed by atoms with Crippen LogP contribution in [-0.4, -0.2) is 73.2 Å². The number of carboxylic acid groups (broad SMARTS) is 1. The van der Waals surface area contributed by atoms with Gasteiger partial charge in [-0.15, -0.1) is 0 Å². The van der Waals surface area contributed by atoms with E-state index in [4.69, 9.17) is 9.47 Å². The average molecular weight is 289 g/mol. The van der Waals surface area contributed by atoms with Crippen LogP contribution in [0.2, 0.25) is 0 Å². The monoisotopic (exact) mass is 289 g/mol. The van der Waals surface area contributed by atoms with Crippen molar-refractivity contribution in [2.45, 2.75) is 38.9 Å². The van der Waals surface area contributed by atoms with Gasteiger partial charge >= 0.3 is 5.97 Å². The van der Waals surface area contributed by atoms with Gasteiger partial charge in [0.25, 0.3) is 0 Å². The minimum Gasteiger partial charge on any atom is -0.481 e. The summed E-state index contributed by atoms with van der Waals surface area (Å²) in [5.74, 6) is -0.734. The van der Waals surface area contributed by atoms with Crippen molar-refractivity contribution in [3.05, 3.63) is 0 Å². The van der Waals surface area contributed by atoms with E-state index < -0.39 is 17.5 Å². The molecule has 0 spiro atoms. The van der Waals surface area contributed by atoms with Gasteiger partial charge < -0.3 is 19.7 Å². The van der Waals surface area contributed by atoms with E-state index in [0.717, 1.165) is 0 Å². The van der Waals surface area contributed by atoms with Gasteiger partial charge in [-0.2, -0.15) is 0 Å². The summed E-state index contributed by atoms with van der Waals surface area (Å²) >= 11 is 0. The fraction of sp³-hybridized carbons (Fsp3) is 0.929. The van der Waals surface area contributed by atoms with Gasteiger partial charge in [-0.25, -0.2) is 0 Å². The van der Waals surface area contributed by atoms with Crippen LogP contribution in [0.3, 0.4) is 0 Å². The molecule has 2 N–H and O–H groups in total. The molecule has 6 heteroatoms. The third-order valence-electron chi connectivity index (χ3n) is 4.01. The van der Waals surface area contributed by atoms with Gasteiger partial charge in [0.15, 0.2) is 0 Å². The highest BCUT2D eigenvalue weighted by molar-refractivity contribution is 5.75. The maximum Gasteiger partial charge on any atom is 0.310 e. The van der Waals surface area contributed by atoms with E-state index >= 15 is 0 Å². The summed E-state index contributed by atoms with van der Waals surface area (Å²) in [4.78, 5) is 13.4. The molecule has 0 bridgehead atoms. The van der Waals surface area contributed by atoms with Crippen molar-refractivity contribution in [3.8, 4) is 0 Å². The number of nitrogens with zero attached hydrogens (tertiary/aromatic N) is 1. The first kappa shape index (κ1) is 17.4. The number of aliphatic hydroxyl groups excluding tert-OH is 1. The Hall–Kier alpha value is -0.690. The Balaban J connectivity index is 2.33. The number of β-amino-alcohol motifs (C(OH)–C–C–N with tert-alkyl or cyclic N) is 1. The fourth-order valence-electron chi connectivity index (χ4n) is 2.64. The second-order valence-electron chi connectivity index (χ2n) is 5.68. The van der Waals surface area contributed by atoms with Gasteiger partial charge in [-0.05, 0) is 26.3 Å². The third kappa shape index (κ3) is 4.70. The van der Waals surface area contributed by atoms with Crippen molar-refractivity contribution >= 4 is 5.97 Å². The largest absolute Gasteiger partial charge is 0.481 e. The van der Waals surface area contributed by atoms with Gasteiger partial charge in [0.2, 0.25) is 0 Å². The van der Waals surface area contributed by atoms with Crippen molar-refractivity contribution < 1.29 is 24.5 Å². The molecule has 20 heavy (non-hydrogen) atoms. The van der Waals surface area contributed by atoms with Crippen LogP contribution in [0.1, 0.15) is 26.7 Å². The lowest BCUT2D eigenvalue weighted by Crippen LogP contribution is -2.38. The summed E-state index contributed by atoms with van der Waals surface area (Å²) in [6, 6.07) is 0. The zero-order valence-corrected chi connectivity index (χ0v) is 12.7. The van der Waals surface area contributed by atoms with Crippen LogP contribution in [0, 0.1) is 5.41 Å². The second-order valence-corrected chi connectivity index (χ2v) is 5.68. The highest BCUT2D eigenvalue weighted by Crippen LogP contribution is 2.34. The predicted octanol–water partition coefficient (Wildman–Crippen LogP) is 0.586. The molecule has 118 valence electrons. The topological polar surface area (TPSA) is 79.2 Å². The average Bonchev–Trinajstić information content (AvgIpc) is 2.81. The van der Waals surface area contributed by atoms with E-state index in [2.05, 4.69) is 0 Å². The maximum absolute atomic E-state index is 11.3. The standard InChI is InChI=1S/C14H27NO5/c1-4-14(13(17)18)5-6-15(10-14)7-12(16)9-20-11(2)8-19-3/h11-12,16H,4-10H2,1-3H3,(H,17,18). The Morgan fingerprint density at radius 2 is 2.15 bits per heavy atom. The van der Waals surface area contributed by atoms with E-state index in [0.29, 0.717) is 39.1 Å². The Bertz CT molecular complexity index is 312. The van der Waals surface area contributed by atoms with Gasteiger partial charge in [0.05, 0.1) is 30.8 Å². The predicted molar refractivity (Wildman–Crippen MR) is 74.7 cm³/mol. The number of aliphatic hydroxyl groups is 1. The van der Waals surface area contributed by atoms with Gasteiger partial charge in [0, 0.05) is 20.2 Å². The molecular weight excluding hydrogens is 262 g/mol. The van der Waals surface area contributed by atoms with Crippen LogP contribution in [-0.2, 0) is 14.3 Å². The number of hydrogen-bond donors (Lipinski definition) is 2. The van der Waals surface area contributed by atoms with Crippen molar-refractivity contribution in [1.29, 1.82) is 0 Å². The molecule has 0 amide bonds. The van der Waals surface area contributed by atoms with Crippen molar-refractivity contribution in [1.82, 2.24) is 4.90 Å². The van der Waals surface area contributed by atoms with Crippen LogP contribution in [0.25, 0.3) is 0 Å². The molecule has 0 aromatic carbocycles. The minimum atomic E-state index is -0.734. The second kappa shape index (κ2) is 7.93. The van der Waals surface area contributed by atoms with Crippen LogP contribution >= 0.6 is 0 Å². The molecule has 0 aromatic heterocycles. The molecule has 3 atom stereocenters. The third-order valence-corrected chi connectivity index (χ3v) is 4.01. The first-order chi connectivity index (χ1) is 9.43. The van der Waals surface area contributed by atoms with E-state index in [9.17, 15) is 15.0 Å². The zero-order valence-electron chi connectivity index (χ0n) is 12.7. The molecule has 1 heterocycles. The molecule has 1 aliphatic heterocycles. The first-order valence-corrected chi connectivity index (χ1v) is 7.18. The van der Waals surface area contributed by atoms with E-state index in [-0.39, 0.29) is 12.7 Å². The lowest BCUT2D eigenvalue weighted by Gasteiger charge is -2.25. The number of likely N-dealkylation sites (tertiary alicyclic amines) is 1. The number of ether oxygens (including phenoxy) is 2. The normalized spacial score (nSPS) is 26.6. The van der Waals surface area contributed by atoms with Crippen LogP contribution in [0.4, 0.5) is 0 Å². The molecule has 3 unspecified atom stereocenters. The van der Waals surface area contributed by atoms with Gasteiger partial charge in [-0.1, -0.05) is 6.92 Å². The lowest BCUT2D eigenvalue weighted by molar-refractivity contribution is -0.148. The Labute approximate surface area is 120 Å². The molecule has 6 nitrogen and oxygen atoms in total. The quantitative estimate of drug-likeness (QED) is 0.646. The molecule has 1 rings (SSSR count). The SMILES string of the molecule is CCC1(C(=O)O)CCN(CC(O)COC(C)COC)C1. The summed E-state index contributed by atoms with van der Waals surface area (Å²) in [6.07, 6.45) is 0.612. The summed E-state index contributed by atoms with van der Waals surface area (Å²) in [6.45, 7) is 6.20. The smallest absolute Gasteiger partial charge is 0.310 e. The summed E-state index contributed by atoms with van der Waals surface area (Å²) in [5, 5.41) is 19.3. The van der Waals surface area contributed by atoms with E-state index in [1.165, 1.54) is 0 Å². The highest BCUT2D eigenvalue weighted by Gasteiger charge is 2.43. The molecular formula is C14H27NO5. The first-order valence-electron chi connectivity index (χ1n) is 7.18. The van der Waals surface area contributed by atoms with Crippen molar-refractivity contribution in [2.24, 2.45) is 5.41 Å². The van der Waals surface area contributed by atoms with Crippen LogP contribution in [0.5, 0.6) is 0 Å². The fourth-order valence-corrected chi connectivity index (χ4v) is 2.64. The van der Waals surface area contributed by atoms with Gasteiger partial charge in [-0.3, -0.25) is 9.69 Å². The molecule has 0 aliphatic carbocycles. The molecule has 1 fully saturated rings. The number of carbonyl (C=O) groups is 1. The number of carboxylic acids is 1. The molecule has 0 saturated carbocycles. The van der Waals surface area contributed by atoms with Crippen molar-refractivity contribution in [2.75, 3.05) is 40.0 Å². The Morgan fingerprint density at radius 1 is 1.45 bits per heavy atom. The highest BCUT2D eigenvalue weighted by atomic mass is 16.5. The van der Waals surface area contributed by atoms with Crippen LogP contribution in [0.15, 0.2) is 0 Å². The lowest BCUT2D eigenvalue weighted by atomic mass is 9.84. The van der Waals surface area contributed by atoms with E-state index in [1.807, 2.05) is 18.7 Å². The molecule has 1 aliphatic rings. The van der Waals surface area contributed by atoms with Crippen molar-refractivity contribution in [3.63, 3.8) is 0 Å². The van der Waals surface area contributed by atoms with Gasteiger partial charge in [0.1, 0.15) is 0 Å². The number of rotatable bonds is 9. The number of aliphatic carboxylic acids is 1. The molecule has 1 saturated heterocycles. The summed E-state index contributed by atoms with van der Waals surface area (Å²) in [7, 11) is 1.61. The Kier molecular flexibility index (Phi) is 6.88. The number of methoxy groups -OCH3 is 1. The molecule has 0 radical (unpaired) electrons. The molecule has 0 aromatic rings. The minimum absolute atomic E-state index is 0.0537. The summed E-state index contributed by atoms with van der Waals surface area (Å²) in [5.41, 5.74) is -0.649. The number of hydrogen-bond acceptors (Lipinski definition) is 5. The van der Waals surface area contributed by atoms with Crippen LogP contribution < -0.4 is 0 Å².